The van der Waals surface area contributed by atoms with Crippen molar-refractivity contribution >= 4 is 58.3 Å². The first-order chi connectivity index (χ1) is 31.3. The Kier molecular flexibility index (Phi) is 17.2. The number of carbonyl (C=O) groups excluding carboxylic acids is 2. The van der Waals surface area contributed by atoms with Crippen LogP contribution in [0.3, 0.4) is 0 Å². The van der Waals surface area contributed by atoms with E-state index in [1.165, 1.54) is 43.0 Å². The van der Waals surface area contributed by atoms with Gasteiger partial charge in [0, 0.05) is 11.9 Å². The molecular weight excluding hydrogens is 831 g/mol. The maximum Gasteiger partial charge on any atom is 0.118 e. The standard InChI is InChI=1S/2C26H24OP.C4H6O4/c2*1-27-23-19-17-22(18-20-23)21-28(24-11-5-2-6-12-24,25-13-7-3-8-14-25)26-15-9-4-10-16-26;5-3(6)1-2-4(7)8/h2*2-20H,21H2,1H3;1-2H2,(H,5,6)(H,7,8)/q2*+1;/p-2. The zero-order valence-corrected chi connectivity index (χ0v) is 37.9. The van der Waals surface area contributed by atoms with Crippen molar-refractivity contribution in [2.24, 2.45) is 0 Å². The summed E-state index contributed by atoms with van der Waals surface area (Å²) in [5, 5.41) is 27.4. The van der Waals surface area contributed by atoms with E-state index in [2.05, 4.69) is 231 Å². The summed E-state index contributed by atoms with van der Waals surface area (Å²) in [6.07, 6.45) is 1.02. The third-order valence-corrected chi connectivity index (χ3v) is 19.6. The molecule has 0 heterocycles. The first-order valence-corrected chi connectivity index (χ1v) is 25.0. The van der Waals surface area contributed by atoms with Crippen molar-refractivity contribution in [3.8, 4) is 11.5 Å². The van der Waals surface area contributed by atoms with Crippen molar-refractivity contribution in [2.45, 2.75) is 25.2 Å². The van der Waals surface area contributed by atoms with E-state index in [0.29, 0.717) is 0 Å². The molecule has 8 aromatic carbocycles. The van der Waals surface area contributed by atoms with Gasteiger partial charge in [0.25, 0.3) is 0 Å². The monoisotopic (exact) mass is 882 g/mol. The van der Waals surface area contributed by atoms with Gasteiger partial charge in [0.1, 0.15) is 57.9 Å². The van der Waals surface area contributed by atoms with E-state index < -0.39 is 39.3 Å². The molecule has 0 aliphatic carbocycles. The van der Waals surface area contributed by atoms with Gasteiger partial charge in [-0.15, -0.1) is 0 Å². The van der Waals surface area contributed by atoms with Crippen LogP contribution < -0.4 is 51.5 Å². The summed E-state index contributed by atoms with van der Waals surface area (Å²) >= 11 is 0. The highest BCUT2D eigenvalue weighted by Crippen LogP contribution is 2.59. The number of methoxy groups -OCH3 is 2. The minimum absolute atomic E-state index is 0.470. The minimum atomic E-state index is -1.84. The minimum Gasteiger partial charge on any atom is -0.550 e. The predicted octanol–water partition coefficient (Wildman–Crippen LogP) is 7.65. The molecule has 322 valence electrons. The Labute approximate surface area is 378 Å². The molecule has 0 bridgehead atoms. The number of benzene rings is 8. The summed E-state index contributed by atoms with van der Waals surface area (Å²) in [5.74, 6) is -0.943. The molecule has 0 N–H and O–H groups in total. The summed E-state index contributed by atoms with van der Waals surface area (Å²) in [6, 6.07) is 83.0. The lowest BCUT2D eigenvalue weighted by molar-refractivity contribution is -0.315. The molecule has 0 saturated carbocycles. The molecule has 0 amide bonds. The second kappa shape index (κ2) is 23.6. The van der Waals surface area contributed by atoms with Gasteiger partial charge in [-0.2, -0.15) is 0 Å². The zero-order chi connectivity index (χ0) is 45.0. The lowest BCUT2D eigenvalue weighted by Crippen LogP contribution is -2.32. The van der Waals surface area contributed by atoms with Gasteiger partial charge in [0.15, 0.2) is 0 Å². The third-order valence-electron chi connectivity index (χ3n) is 10.9. The fraction of sp³-hybridized carbons (Fsp3) is 0.107. The number of rotatable bonds is 15. The summed E-state index contributed by atoms with van der Waals surface area (Å²) in [7, 11) is -0.254. The van der Waals surface area contributed by atoms with E-state index in [1.54, 1.807) is 14.2 Å². The van der Waals surface area contributed by atoms with E-state index in [1.807, 2.05) is 0 Å². The zero-order valence-electron chi connectivity index (χ0n) is 36.1. The molecule has 0 atom stereocenters. The van der Waals surface area contributed by atoms with Crippen LogP contribution in [0.2, 0.25) is 0 Å². The van der Waals surface area contributed by atoms with Crippen LogP contribution >= 0.6 is 14.5 Å². The van der Waals surface area contributed by atoms with Gasteiger partial charge in [-0.25, -0.2) is 0 Å². The van der Waals surface area contributed by atoms with Crippen LogP contribution in [0, 0.1) is 0 Å². The van der Waals surface area contributed by atoms with E-state index >= 15 is 0 Å². The van der Waals surface area contributed by atoms with Gasteiger partial charge >= 0.3 is 0 Å². The average Bonchev–Trinajstić information content (AvgIpc) is 3.36. The lowest BCUT2D eigenvalue weighted by Gasteiger charge is -2.27. The molecule has 6 nitrogen and oxygen atoms in total. The fourth-order valence-electron chi connectivity index (χ4n) is 7.75. The highest BCUT2D eigenvalue weighted by molar-refractivity contribution is 7.95. The first-order valence-electron chi connectivity index (χ1n) is 21.0. The molecule has 0 aliphatic rings. The van der Waals surface area contributed by atoms with E-state index in [9.17, 15) is 19.8 Å². The number of hydrogen-bond donors (Lipinski definition) is 0. The Balaban J connectivity index is 0.000000182. The molecule has 0 radical (unpaired) electrons. The number of aliphatic carboxylic acids is 2. The Morgan fingerprint density at radius 2 is 0.547 bits per heavy atom. The van der Waals surface area contributed by atoms with Crippen molar-refractivity contribution < 1.29 is 29.3 Å². The van der Waals surface area contributed by atoms with Crippen molar-refractivity contribution in [1.29, 1.82) is 0 Å². The molecule has 8 aromatic rings. The Hall–Kier alpha value is -6.84. The van der Waals surface area contributed by atoms with Crippen LogP contribution in [0.25, 0.3) is 0 Å². The van der Waals surface area contributed by atoms with Gasteiger partial charge in [-0.1, -0.05) is 133 Å². The number of ether oxygens (including phenoxy) is 2. The highest BCUT2D eigenvalue weighted by atomic mass is 31.2. The van der Waals surface area contributed by atoms with Crippen molar-refractivity contribution in [1.82, 2.24) is 0 Å². The third kappa shape index (κ3) is 12.0. The van der Waals surface area contributed by atoms with Gasteiger partial charge < -0.3 is 29.3 Å². The topological polar surface area (TPSA) is 98.7 Å². The summed E-state index contributed by atoms with van der Waals surface area (Å²) in [4.78, 5) is 19.0. The number of carboxylic acids is 2. The van der Waals surface area contributed by atoms with Gasteiger partial charge in [-0.05, 0) is 121 Å². The van der Waals surface area contributed by atoms with Gasteiger partial charge in [-0.3, -0.25) is 0 Å². The van der Waals surface area contributed by atoms with E-state index in [-0.39, 0.29) is 0 Å². The lowest BCUT2D eigenvalue weighted by atomic mass is 10.2. The predicted molar refractivity (Wildman–Crippen MR) is 263 cm³/mol. The molecule has 0 spiro atoms. The van der Waals surface area contributed by atoms with Crippen LogP contribution in [0.4, 0.5) is 0 Å². The second-order valence-corrected chi connectivity index (χ2v) is 21.9. The number of hydrogen-bond acceptors (Lipinski definition) is 6. The number of carboxylic acid groups (broad SMARTS) is 2. The van der Waals surface area contributed by atoms with Crippen molar-refractivity contribution in [3.63, 3.8) is 0 Å². The van der Waals surface area contributed by atoms with Crippen LogP contribution in [0.5, 0.6) is 11.5 Å². The molecule has 0 saturated heterocycles. The van der Waals surface area contributed by atoms with Gasteiger partial charge in [0.05, 0.1) is 26.5 Å². The molecule has 0 fully saturated rings. The van der Waals surface area contributed by atoms with E-state index in [0.717, 1.165) is 23.8 Å². The SMILES string of the molecule is COc1ccc(C[P+](c2ccccc2)(c2ccccc2)c2ccccc2)cc1.COc1ccc(C[P+](c2ccccc2)(c2ccccc2)c2ccccc2)cc1.O=C([O-])CCC(=O)[O-]. The Morgan fingerprint density at radius 3 is 0.719 bits per heavy atom. The molecule has 0 aliphatic heterocycles. The highest BCUT2D eigenvalue weighted by Gasteiger charge is 2.46. The Morgan fingerprint density at radius 1 is 0.344 bits per heavy atom. The fourth-order valence-corrected chi connectivity index (χ4v) is 16.2. The average molecular weight is 883 g/mol. The van der Waals surface area contributed by atoms with Crippen LogP contribution in [-0.2, 0) is 21.9 Å². The van der Waals surface area contributed by atoms with Crippen molar-refractivity contribution in [3.05, 3.63) is 242 Å². The smallest absolute Gasteiger partial charge is 0.118 e. The normalized spacial score (nSPS) is 10.8. The molecule has 64 heavy (non-hydrogen) atoms. The van der Waals surface area contributed by atoms with Crippen LogP contribution in [-0.4, -0.2) is 26.2 Å². The summed E-state index contributed by atoms with van der Waals surface area (Å²) in [5.41, 5.74) is 2.65. The molecule has 8 heteroatoms. The van der Waals surface area contributed by atoms with Crippen LogP contribution in [0.1, 0.15) is 24.0 Å². The largest absolute Gasteiger partial charge is 0.550 e. The Bertz CT molecular complexity index is 2220. The first kappa shape index (κ1) is 46.7. The molecular formula is C56H52O6P2. The quantitative estimate of drug-likeness (QED) is 0.0983. The van der Waals surface area contributed by atoms with Crippen LogP contribution in [0.15, 0.2) is 231 Å². The summed E-state index contributed by atoms with van der Waals surface area (Å²) in [6.45, 7) is 0. The van der Waals surface area contributed by atoms with Crippen molar-refractivity contribution in [2.75, 3.05) is 14.2 Å². The van der Waals surface area contributed by atoms with Gasteiger partial charge in [0.2, 0.25) is 0 Å². The molecule has 0 unspecified atom stereocenters. The number of carbonyl (C=O) groups is 2. The molecule has 8 rings (SSSR count). The summed E-state index contributed by atoms with van der Waals surface area (Å²) < 4.78 is 10.7. The maximum absolute atomic E-state index is 9.50. The molecule has 0 aromatic heterocycles. The second-order valence-electron chi connectivity index (χ2n) is 14.9. The van der Waals surface area contributed by atoms with E-state index in [4.69, 9.17) is 9.47 Å². The maximum atomic E-state index is 9.50.